The van der Waals surface area contributed by atoms with Gasteiger partial charge in [0.2, 0.25) is 0 Å². The molecule has 1 aromatic rings. The summed E-state index contributed by atoms with van der Waals surface area (Å²) in [6, 6.07) is 1.88. The normalized spacial score (nSPS) is 20.4. The molecule has 5 heteroatoms. The molecule has 0 bridgehead atoms. The van der Waals surface area contributed by atoms with Gasteiger partial charge in [0.1, 0.15) is 0 Å². The number of aliphatic hydroxyl groups excluding tert-OH is 2. The number of hydrogen-bond acceptors (Lipinski definition) is 4. The highest BCUT2D eigenvalue weighted by atomic mass is 32.1. The largest absolute Gasteiger partial charge is 0.395 e. The van der Waals surface area contributed by atoms with E-state index in [0.29, 0.717) is 23.8 Å². The summed E-state index contributed by atoms with van der Waals surface area (Å²) in [7, 11) is 1.80. The van der Waals surface area contributed by atoms with E-state index in [9.17, 15) is 9.90 Å². The highest BCUT2D eigenvalue weighted by Gasteiger charge is 2.29. The zero-order valence-corrected chi connectivity index (χ0v) is 13.2. The van der Waals surface area contributed by atoms with Crippen molar-refractivity contribution in [1.29, 1.82) is 0 Å². The van der Waals surface area contributed by atoms with Gasteiger partial charge in [0, 0.05) is 20.0 Å². The second-order valence-corrected chi connectivity index (χ2v) is 6.63. The van der Waals surface area contributed by atoms with Gasteiger partial charge in [-0.2, -0.15) is 0 Å². The van der Waals surface area contributed by atoms with Crippen molar-refractivity contribution >= 4 is 17.2 Å². The lowest BCUT2D eigenvalue weighted by atomic mass is 9.82. The van der Waals surface area contributed by atoms with Gasteiger partial charge < -0.3 is 15.1 Å². The Morgan fingerprint density at radius 2 is 2.24 bits per heavy atom. The Bertz CT molecular complexity index is 564. The Morgan fingerprint density at radius 1 is 1.52 bits per heavy atom. The molecule has 1 aromatic heterocycles. The van der Waals surface area contributed by atoms with E-state index < -0.39 is 0 Å². The van der Waals surface area contributed by atoms with Crippen LogP contribution < -0.4 is 0 Å². The standard InChI is InChI=1S/C16H21NO3S/c1-11-7-15(21-14(11)5-3-4-6-18)16(20)17(2)10-12-8-13(19)9-12/h7,12-13,18-19H,4,6,8-10H2,1-2H3. The Kier molecular flexibility index (Phi) is 5.40. The lowest BCUT2D eigenvalue weighted by Gasteiger charge is -2.34. The highest BCUT2D eigenvalue weighted by molar-refractivity contribution is 7.14. The van der Waals surface area contributed by atoms with Crippen LogP contribution in [0, 0.1) is 24.7 Å². The molecule has 1 amide bonds. The number of rotatable bonds is 4. The first-order chi connectivity index (χ1) is 10.0. The molecule has 114 valence electrons. The van der Waals surface area contributed by atoms with E-state index in [1.54, 1.807) is 11.9 Å². The average Bonchev–Trinajstić information content (AvgIpc) is 2.78. The monoisotopic (exact) mass is 307 g/mol. The van der Waals surface area contributed by atoms with E-state index >= 15 is 0 Å². The Hall–Kier alpha value is -1.35. The third-order valence-corrected chi connectivity index (χ3v) is 4.80. The third-order valence-electron chi connectivity index (χ3n) is 3.66. The number of aliphatic hydroxyl groups is 2. The summed E-state index contributed by atoms with van der Waals surface area (Å²) in [6.45, 7) is 2.69. The van der Waals surface area contributed by atoms with Crippen LogP contribution >= 0.6 is 11.3 Å². The van der Waals surface area contributed by atoms with Gasteiger partial charge in [-0.1, -0.05) is 11.8 Å². The molecule has 21 heavy (non-hydrogen) atoms. The van der Waals surface area contributed by atoms with Crippen LogP contribution in [0.4, 0.5) is 0 Å². The van der Waals surface area contributed by atoms with Gasteiger partial charge in [-0.25, -0.2) is 0 Å². The number of carbonyl (C=O) groups is 1. The molecule has 2 N–H and O–H groups in total. The summed E-state index contributed by atoms with van der Waals surface area (Å²) in [4.78, 5) is 15.7. The van der Waals surface area contributed by atoms with E-state index in [-0.39, 0.29) is 18.6 Å². The van der Waals surface area contributed by atoms with Crippen LogP contribution in [-0.4, -0.2) is 47.3 Å². The number of amides is 1. The molecule has 0 radical (unpaired) electrons. The Balaban J connectivity index is 1.99. The highest BCUT2D eigenvalue weighted by Crippen LogP contribution is 2.29. The molecular weight excluding hydrogens is 286 g/mol. The molecule has 1 saturated carbocycles. The first-order valence-electron chi connectivity index (χ1n) is 7.15. The fourth-order valence-corrected chi connectivity index (χ4v) is 3.46. The first kappa shape index (κ1) is 16.0. The van der Waals surface area contributed by atoms with Gasteiger partial charge in [0.25, 0.3) is 5.91 Å². The summed E-state index contributed by atoms with van der Waals surface area (Å²) in [5.74, 6) is 6.32. The second-order valence-electron chi connectivity index (χ2n) is 5.58. The van der Waals surface area contributed by atoms with Crippen molar-refractivity contribution in [3.05, 3.63) is 21.4 Å². The van der Waals surface area contributed by atoms with Crippen LogP contribution in [0.25, 0.3) is 0 Å². The average molecular weight is 307 g/mol. The predicted molar refractivity (Wildman–Crippen MR) is 83.3 cm³/mol. The molecule has 2 rings (SSSR count). The predicted octanol–water partition coefficient (Wildman–Crippen LogP) is 1.63. The maximum Gasteiger partial charge on any atom is 0.263 e. The van der Waals surface area contributed by atoms with Crippen molar-refractivity contribution in [2.24, 2.45) is 5.92 Å². The maximum atomic E-state index is 12.4. The van der Waals surface area contributed by atoms with Crippen LogP contribution in [0.3, 0.4) is 0 Å². The van der Waals surface area contributed by atoms with E-state index in [0.717, 1.165) is 23.3 Å². The molecule has 0 aliphatic heterocycles. The van der Waals surface area contributed by atoms with Gasteiger partial charge in [-0.15, -0.1) is 11.3 Å². The Labute approximate surface area is 129 Å². The van der Waals surface area contributed by atoms with Gasteiger partial charge in [-0.3, -0.25) is 4.79 Å². The fourth-order valence-electron chi connectivity index (χ4n) is 2.42. The summed E-state index contributed by atoms with van der Waals surface area (Å²) >= 11 is 1.40. The summed E-state index contributed by atoms with van der Waals surface area (Å²) < 4.78 is 0. The fraction of sp³-hybridized carbons (Fsp3) is 0.562. The zero-order chi connectivity index (χ0) is 15.4. The van der Waals surface area contributed by atoms with Crippen LogP contribution in [0.5, 0.6) is 0 Å². The zero-order valence-electron chi connectivity index (χ0n) is 12.4. The van der Waals surface area contributed by atoms with Gasteiger partial charge in [0.05, 0.1) is 22.5 Å². The van der Waals surface area contributed by atoms with Crippen molar-refractivity contribution < 1.29 is 15.0 Å². The van der Waals surface area contributed by atoms with Crippen LogP contribution in [0.15, 0.2) is 6.07 Å². The lowest BCUT2D eigenvalue weighted by Crippen LogP contribution is -2.39. The van der Waals surface area contributed by atoms with Crippen LogP contribution in [0.2, 0.25) is 0 Å². The van der Waals surface area contributed by atoms with Crippen molar-refractivity contribution in [3.63, 3.8) is 0 Å². The van der Waals surface area contributed by atoms with E-state index in [1.807, 2.05) is 13.0 Å². The molecule has 0 spiro atoms. The van der Waals surface area contributed by atoms with E-state index in [2.05, 4.69) is 11.8 Å². The lowest BCUT2D eigenvalue weighted by molar-refractivity contribution is 0.0266. The van der Waals surface area contributed by atoms with E-state index in [1.165, 1.54) is 11.3 Å². The quantitative estimate of drug-likeness (QED) is 0.831. The van der Waals surface area contributed by atoms with Crippen molar-refractivity contribution in [1.82, 2.24) is 4.90 Å². The molecule has 0 aromatic carbocycles. The maximum absolute atomic E-state index is 12.4. The number of carbonyl (C=O) groups excluding carboxylic acids is 1. The number of nitrogens with zero attached hydrogens (tertiary/aromatic N) is 1. The van der Waals surface area contributed by atoms with Crippen molar-refractivity contribution in [3.8, 4) is 11.8 Å². The molecule has 1 aliphatic carbocycles. The smallest absolute Gasteiger partial charge is 0.263 e. The SMILES string of the molecule is Cc1cc(C(=O)N(C)CC2CC(O)C2)sc1C#CCCO. The molecule has 0 saturated heterocycles. The molecule has 4 nitrogen and oxygen atoms in total. The molecule has 0 unspecified atom stereocenters. The van der Waals surface area contributed by atoms with Gasteiger partial charge in [-0.05, 0) is 37.3 Å². The molecule has 1 fully saturated rings. The van der Waals surface area contributed by atoms with Crippen LogP contribution in [-0.2, 0) is 0 Å². The molecule has 0 atom stereocenters. The third kappa shape index (κ3) is 4.07. The summed E-state index contributed by atoms with van der Waals surface area (Å²) in [5, 5.41) is 18.0. The summed E-state index contributed by atoms with van der Waals surface area (Å²) in [5.41, 5.74) is 1.00. The van der Waals surface area contributed by atoms with Crippen LogP contribution in [0.1, 0.15) is 39.4 Å². The minimum atomic E-state index is -0.184. The number of aryl methyl sites for hydroxylation is 1. The second kappa shape index (κ2) is 7.08. The summed E-state index contributed by atoms with van der Waals surface area (Å²) in [6.07, 6.45) is 1.85. The van der Waals surface area contributed by atoms with Crippen molar-refractivity contribution in [2.75, 3.05) is 20.2 Å². The number of thiophene rings is 1. The van der Waals surface area contributed by atoms with Gasteiger partial charge >= 0.3 is 0 Å². The number of hydrogen-bond donors (Lipinski definition) is 2. The topological polar surface area (TPSA) is 60.8 Å². The van der Waals surface area contributed by atoms with Crippen molar-refractivity contribution in [2.45, 2.75) is 32.3 Å². The molecular formula is C16H21NO3S. The Morgan fingerprint density at radius 3 is 2.86 bits per heavy atom. The molecule has 1 aliphatic rings. The first-order valence-corrected chi connectivity index (χ1v) is 7.96. The minimum Gasteiger partial charge on any atom is -0.395 e. The minimum absolute atomic E-state index is 0.0136. The molecule has 1 heterocycles. The van der Waals surface area contributed by atoms with Gasteiger partial charge in [0.15, 0.2) is 0 Å². The van der Waals surface area contributed by atoms with E-state index in [4.69, 9.17) is 5.11 Å².